The van der Waals surface area contributed by atoms with Crippen LogP contribution in [0.1, 0.15) is 25.7 Å². The van der Waals surface area contributed by atoms with Crippen molar-refractivity contribution in [1.82, 2.24) is 9.97 Å². The first kappa shape index (κ1) is 10.5. The van der Waals surface area contributed by atoms with Gasteiger partial charge in [0.2, 0.25) is 0 Å². The second-order valence-electron chi connectivity index (χ2n) is 3.95. The van der Waals surface area contributed by atoms with Gasteiger partial charge in [0, 0.05) is 13.1 Å². The lowest BCUT2D eigenvalue weighted by Crippen LogP contribution is -2.30. The zero-order valence-corrected chi connectivity index (χ0v) is 9.54. The number of nitrogens with two attached hydrogens (primary N) is 1. The highest BCUT2D eigenvalue weighted by Crippen LogP contribution is 2.31. The van der Waals surface area contributed by atoms with E-state index in [0.29, 0.717) is 16.9 Å². The van der Waals surface area contributed by atoms with E-state index in [0.717, 1.165) is 5.82 Å². The van der Waals surface area contributed by atoms with Crippen LogP contribution in [0.15, 0.2) is 6.33 Å². The van der Waals surface area contributed by atoms with Crippen LogP contribution < -0.4 is 10.6 Å². The first-order chi connectivity index (χ1) is 7.20. The highest BCUT2D eigenvalue weighted by Gasteiger charge is 2.22. The molecule has 0 spiro atoms. The number of nitrogens with zero attached hydrogens (tertiary/aromatic N) is 3. The molecular formula is C10H15ClN4. The summed E-state index contributed by atoms with van der Waals surface area (Å²) in [5, 5.41) is 0.465. The van der Waals surface area contributed by atoms with Crippen LogP contribution in [0.2, 0.25) is 5.02 Å². The van der Waals surface area contributed by atoms with Crippen molar-refractivity contribution in [1.29, 1.82) is 0 Å². The van der Waals surface area contributed by atoms with Gasteiger partial charge in [-0.05, 0) is 12.8 Å². The Kier molecular flexibility index (Phi) is 2.95. The molecule has 5 heteroatoms. The van der Waals surface area contributed by atoms with Crippen LogP contribution in [-0.2, 0) is 0 Å². The lowest BCUT2D eigenvalue weighted by atomic mass is 10.2. The monoisotopic (exact) mass is 226 g/mol. The molecule has 4 nitrogen and oxygen atoms in total. The van der Waals surface area contributed by atoms with Crippen LogP contribution in [0.3, 0.4) is 0 Å². The van der Waals surface area contributed by atoms with Crippen LogP contribution in [0, 0.1) is 0 Å². The Bertz CT molecular complexity index is 349. The fraction of sp³-hybridized carbons (Fsp3) is 0.600. The Morgan fingerprint density at radius 1 is 1.40 bits per heavy atom. The summed E-state index contributed by atoms with van der Waals surface area (Å²) < 4.78 is 0. The molecular weight excluding hydrogens is 212 g/mol. The third kappa shape index (κ3) is 2.00. The van der Waals surface area contributed by atoms with E-state index in [1.54, 1.807) is 0 Å². The van der Waals surface area contributed by atoms with Gasteiger partial charge in [-0.15, -0.1) is 0 Å². The standard InChI is InChI=1S/C10H15ClN4/c1-15(7-4-2-3-5-7)10-8(11)9(12)13-6-14-10/h6-7H,2-5H2,1H3,(H2,12,13,14). The van der Waals surface area contributed by atoms with Crippen molar-refractivity contribution in [3.63, 3.8) is 0 Å². The summed E-state index contributed by atoms with van der Waals surface area (Å²) in [5.41, 5.74) is 5.65. The van der Waals surface area contributed by atoms with Crippen LogP contribution in [-0.4, -0.2) is 23.1 Å². The largest absolute Gasteiger partial charge is 0.382 e. The van der Waals surface area contributed by atoms with Gasteiger partial charge in [0.15, 0.2) is 5.82 Å². The molecule has 1 aliphatic carbocycles. The molecule has 15 heavy (non-hydrogen) atoms. The Labute approximate surface area is 94.5 Å². The van der Waals surface area contributed by atoms with Gasteiger partial charge in [-0.3, -0.25) is 0 Å². The third-order valence-corrected chi connectivity index (χ3v) is 3.37. The predicted molar refractivity (Wildman–Crippen MR) is 62.1 cm³/mol. The average Bonchev–Trinajstić information content (AvgIpc) is 2.74. The van der Waals surface area contributed by atoms with Crippen LogP contribution in [0.5, 0.6) is 0 Å². The lowest BCUT2D eigenvalue weighted by molar-refractivity contribution is 0.646. The topological polar surface area (TPSA) is 55.0 Å². The summed E-state index contributed by atoms with van der Waals surface area (Å²) in [6.07, 6.45) is 6.44. The number of nitrogen functional groups attached to an aromatic ring is 1. The van der Waals surface area contributed by atoms with E-state index in [-0.39, 0.29) is 0 Å². The average molecular weight is 227 g/mol. The summed E-state index contributed by atoms with van der Waals surface area (Å²) in [6, 6.07) is 0.539. The van der Waals surface area contributed by atoms with E-state index in [1.165, 1.54) is 32.0 Å². The highest BCUT2D eigenvalue weighted by molar-refractivity contribution is 6.35. The van der Waals surface area contributed by atoms with Crippen molar-refractivity contribution in [2.24, 2.45) is 0 Å². The summed E-state index contributed by atoms with van der Waals surface area (Å²) in [7, 11) is 2.02. The van der Waals surface area contributed by atoms with Crippen molar-refractivity contribution >= 4 is 23.2 Å². The van der Waals surface area contributed by atoms with E-state index in [4.69, 9.17) is 17.3 Å². The van der Waals surface area contributed by atoms with Gasteiger partial charge in [-0.2, -0.15) is 0 Å². The lowest BCUT2D eigenvalue weighted by Gasteiger charge is -2.26. The first-order valence-corrected chi connectivity index (χ1v) is 5.56. The number of hydrogen-bond donors (Lipinski definition) is 1. The normalized spacial score (nSPS) is 16.9. The van der Waals surface area contributed by atoms with Gasteiger partial charge >= 0.3 is 0 Å². The molecule has 2 rings (SSSR count). The van der Waals surface area contributed by atoms with E-state index < -0.39 is 0 Å². The van der Waals surface area contributed by atoms with Crippen molar-refractivity contribution in [3.05, 3.63) is 11.3 Å². The molecule has 0 amide bonds. The minimum atomic E-state index is 0.353. The Morgan fingerprint density at radius 2 is 2.07 bits per heavy atom. The molecule has 0 aliphatic heterocycles. The minimum Gasteiger partial charge on any atom is -0.382 e. The second-order valence-corrected chi connectivity index (χ2v) is 4.32. The molecule has 1 aliphatic rings. The van der Waals surface area contributed by atoms with Gasteiger partial charge < -0.3 is 10.6 Å². The molecule has 0 unspecified atom stereocenters. The summed E-state index contributed by atoms with van der Waals surface area (Å²) in [6.45, 7) is 0. The van der Waals surface area contributed by atoms with Gasteiger partial charge in [0.1, 0.15) is 17.2 Å². The molecule has 1 heterocycles. The molecule has 82 valence electrons. The molecule has 0 bridgehead atoms. The van der Waals surface area contributed by atoms with Gasteiger partial charge in [0.25, 0.3) is 0 Å². The second kappa shape index (κ2) is 4.23. The molecule has 1 saturated carbocycles. The van der Waals surface area contributed by atoms with Gasteiger partial charge in [-0.25, -0.2) is 9.97 Å². The van der Waals surface area contributed by atoms with Crippen LogP contribution in [0.4, 0.5) is 11.6 Å². The molecule has 1 aromatic heterocycles. The van der Waals surface area contributed by atoms with E-state index in [9.17, 15) is 0 Å². The third-order valence-electron chi connectivity index (χ3n) is 3.00. The Balaban J connectivity index is 2.24. The number of rotatable bonds is 2. The molecule has 2 N–H and O–H groups in total. The van der Waals surface area contributed by atoms with Gasteiger partial charge in [-0.1, -0.05) is 24.4 Å². The molecule has 1 aromatic rings. The Morgan fingerprint density at radius 3 is 2.73 bits per heavy atom. The maximum Gasteiger partial charge on any atom is 0.153 e. The van der Waals surface area contributed by atoms with Crippen LogP contribution >= 0.6 is 11.6 Å². The molecule has 0 radical (unpaired) electrons. The maximum absolute atomic E-state index is 6.07. The zero-order valence-electron chi connectivity index (χ0n) is 8.78. The van der Waals surface area contributed by atoms with E-state index in [1.807, 2.05) is 7.05 Å². The summed E-state index contributed by atoms with van der Waals surface area (Å²) in [4.78, 5) is 10.2. The van der Waals surface area contributed by atoms with Crippen molar-refractivity contribution in [3.8, 4) is 0 Å². The van der Waals surface area contributed by atoms with Crippen molar-refractivity contribution in [2.45, 2.75) is 31.7 Å². The first-order valence-electron chi connectivity index (χ1n) is 5.19. The minimum absolute atomic E-state index is 0.353. The molecule has 1 fully saturated rings. The fourth-order valence-electron chi connectivity index (χ4n) is 2.08. The smallest absolute Gasteiger partial charge is 0.153 e. The predicted octanol–water partition coefficient (Wildman–Crippen LogP) is 2.09. The number of aromatic nitrogens is 2. The van der Waals surface area contributed by atoms with Crippen LogP contribution in [0.25, 0.3) is 0 Å². The summed E-state index contributed by atoms with van der Waals surface area (Å²) >= 11 is 6.07. The highest BCUT2D eigenvalue weighted by atomic mass is 35.5. The van der Waals surface area contributed by atoms with E-state index >= 15 is 0 Å². The van der Waals surface area contributed by atoms with Crippen molar-refractivity contribution < 1.29 is 0 Å². The van der Waals surface area contributed by atoms with Gasteiger partial charge in [0.05, 0.1) is 0 Å². The zero-order chi connectivity index (χ0) is 10.8. The molecule has 0 atom stereocenters. The maximum atomic E-state index is 6.07. The SMILES string of the molecule is CN(c1ncnc(N)c1Cl)C1CCCC1. The Hall–Kier alpha value is -1.03. The van der Waals surface area contributed by atoms with E-state index in [2.05, 4.69) is 14.9 Å². The quantitative estimate of drug-likeness (QED) is 0.839. The summed E-state index contributed by atoms with van der Waals surface area (Å²) in [5.74, 6) is 1.10. The fourth-order valence-corrected chi connectivity index (χ4v) is 2.31. The number of hydrogen-bond acceptors (Lipinski definition) is 4. The number of halogens is 1. The molecule has 0 saturated heterocycles. The van der Waals surface area contributed by atoms with Crippen molar-refractivity contribution in [2.75, 3.05) is 17.7 Å². The molecule has 0 aromatic carbocycles. The number of anilines is 2.